The lowest BCUT2D eigenvalue weighted by Gasteiger charge is -2.26. The molecule has 9 nitrogen and oxygen atoms in total. The summed E-state index contributed by atoms with van der Waals surface area (Å²) in [6, 6.07) is 14.0. The minimum Gasteiger partial charge on any atom is -0.468 e. The Bertz CT molecular complexity index is 1310. The van der Waals surface area contributed by atoms with Crippen LogP contribution in [-0.4, -0.2) is 36.5 Å². The van der Waals surface area contributed by atoms with E-state index in [1.165, 1.54) is 49.6 Å². The minimum atomic E-state index is -4.14. The number of amides is 2. The zero-order valence-corrected chi connectivity index (χ0v) is 19.3. The molecule has 0 N–H and O–H groups in total. The summed E-state index contributed by atoms with van der Waals surface area (Å²) >= 11 is 0. The van der Waals surface area contributed by atoms with Crippen molar-refractivity contribution in [3.8, 4) is 5.75 Å². The second-order valence-corrected chi connectivity index (χ2v) is 9.71. The van der Waals surface area contributed by atoms with Crippen LogP contribution in [0.5, 0.6) is 5.75 Å². The van der Waals surface area contributed by atoms with E-state index in [1.807, 2.05) is 6.92 Å². The van der Waals surface area contributed by atoms with E-state index >= 15 is 0 Å². The standard InChI is InChI=1S/C24H22N2O7S/c1-16-5-11-21(12-6-16)34(30,31)25(15-20-4-3-13-32-20)22-14-23(28)26(24(22)29)18-7-9-19(10-8-18)33-17(2)27/h3-13,22H,14-15H2,1-2H3. The Labute approximate surface area is 196 Å². The maximum Gasteiger partial charge on any atom is 0.308 e. The van der Waals surface area contributed by atoms with E-state index < -0.39 is 33.8 Å². The fraction of sp³-hybridized carbons (Fsp3) is 0.208. The minimum absolute atomic E-state index is 0.00842. The highest BCUT2D eigenvalue weighted by Crippen LogP contribution is 2.31. The summed E-state index contributed by atoms with van der Waals surface area (Å²) in [5.41, 5.74) is 1.13. The number of ether oxygens (including phenoxy) is 1. The lowest BCUT2D eigenvalue weighted by Crippen LogP contribution is -2.45. The van der Waals surface area contributed by atoms with Crippen molar-refractivity contribution in [1.29, 1.82) is 0 Å². The van der Waals surface area contributed by atoms with Gasteiger partial charge in [-0.1, -0.05) is 17.7 Å². The number of sulfonamides is 1. The summed E-state index contributed by atoms with van der Waals surface area (Å²) in [6.07, 6.45) is 1.08. The molecule has 2 heterocycles. The summed E-state index contributed by atoms with van der Waals surface area (Å²) in [6.45, 7) is 2.88. The molecule has 10 heteroatoms. The van der Waals surface area contributed by atoms with Gasteiger partial charge in [-0.15, -0.1) is 0 Å². The van der Waals surface area contributed by atoms with Crippen LogP contribution in [0.2, 0.25) is 0 Å². The molecule has 2 amide bonds. The zero-order chi connectivity index (χ0) is 24.5. The number of anilines is 1. The van der Waals surface area contributed by atoms with Gasteiger partial charge in [0.1, 0.15) is 17.6 Å². The molecule has 1 aromatic heterocycles. The number of nitrogens with zero attached hydrogens (tertiary/aromatic N) is 2. The van der Waals surface area contributed by atoms with Crippen LogP contribution >= 0.6 is 0 Å². The Hall–Kier alpha value is -3.76. The first kappa shape index (κ1) is 23.4. The number of furan rings is 1. The van der Waals surface area contributed by atoms with Gasteiger partial charge in [-0.25, -0.2) is 13.3 Å². The van der Waals surface area contributed by atoms with Crippen LogP contribution in [0, 0.1) is 6.92 Å². The highest BCUT2D eigenvalue weighted by molar-refractivity contribution is 7.89. The third-order valence-electron chi connectivity index (χ3n) is 5.35. The van der Waals surface area contributed by atoms with Gasteiger partial charge in [-0.3, -0.25) is 14.4 Å². The predicted molar refractivity (Wildman–Crippen MR) is 121 cm³/mol. The quantitative estimate of drug-likeness (QED) is 0.289. The average Bonchev–Trinajstić information content (AvgIpc) is 3.40. The van der Waals surface area contributed by atoms with Crippen LogP contribution in [0.15, 0.2) is 76.2 Å². The van der Waals surface area contributed by atoms with Crippen molar-refractivity contribution in [2.45, 2.75) is 37.8 Å². The van der Waals surface area contributed by atoms with E-state index in [4.69, 9.17) is 9.15 Å². The molecule has 1 saturated heterocycles. The molecule has 1 unspecified atom stereocenters. The number of carbonyl (C=O) groups excluding carboxylic acids is 3. The molecule has 1 fully saturated rings. The molecular weight excluding hydrogens is 460 g/mol. The number of imide groups is 1. The molecule has 34 heavy (non-hydrogen) atoms. The SMILES string of the molecule is CC(=O)Oc1ccc(N2C(=O)CC(N(Cc3ccco3)S(=O)(=O)c3ccc(C)cc3)C2=O)cc1. The van der Waals surface area contributed by atoms with Gasteiger partial charge in [0, 0.05) is 6.92 Å². The summed E-state index contributed by atoms with van der Waals surface area (Å²) in [5, 5.41) is 0. The van der Waals surface area contributed by atoms with Crippen LogP contribution in [-0.2, 0) is 31.0 Å². The summed E-state index contributed by atoms with van der Waals surface area (Å²) < 4.78 is 38.4. The van der Waals surface area contributed by atoms with Gasteiger partial charge >= 0.3 is 5.97 Å². The molecule has 0 bridgehead atoms. The number of hydrogen-bond donors (Lipinski definition) is 0. The van der Waals surface area contributed by atoms with Gasteiger partial charge in [-0.05, 0) is 55.5 Å². The van der Waals surface area contributed by atoms with Crippen molar-refractivity contribution in [3.63, 3.8) is 0 Å². The Morgan fingerprint density at radius 1 is 1.09 bits per heavy atom. The molecule has 0 spiro atoms. The molecule has 3 aromatic rings. The fourth-order valence-electron chi connectivity index (χ4n) is 3.71. The Morgan fingerprint density at radius 2 is 1.76 bits per heavy atom. The van der Waals surface area contributed by atoms with E-state index in [2.05, 4.69) is 0 Å². The first-order chi connectivity index (χ1) is 16.2. The van der Waals surface area contributed by atoms with Crippen LogP contribution in [0.3, 0.4) is 0 Å². The number of rotatable bonds is 7. The monoisotopic (exact) mass is 482 g/mol. The van der Waals surface area contributed by atoms with Crippen molar-refractivity contribution >= 4 is 33.5 Å². The van der Waals surface area contributed by atoms with Gasteiger partial charge in [-0.2, -0.15) is 4.31 Å². The molecule has 1 aliphatic rings. The first-order valence-electron chi connectivity index (χ1n) is 10.4. The fourth-order valence-corrected chi connectivity index (χ4v) is 5.25. The topological polar surface area (TPSA) is 114 Å². The van der Waals surface area contributed by atoms with Crippen molar-refractivity contribution < 1.29 is 32.0 Å². The maximum absolute atomic E-state index is 13.6. The number of esters is 1. The summed E-state index contributed by atoms with van der Waals surface area (Å²) in [4.78, 5) is 38.3. The molecule has 1 aliphatic heterocycles. The van der Waals surface area contributed by atoms with Gasteiger partial charge in [0.15, 0.2) is 0 Å². The van der Waals surface area contributed by atoms with Crippen LogP contribution in [0.4, 0.5) is 5.69 Å². The van der Waals surface area contributed by atoms with E-state index in [0.29, 0.717) is 5.76 Å². The number of benzene rings is 2. The Morgan fingerprint density at radius 3 is 2.35 bits per heavy atom. The van der Waals surface area contributed by atoms with Crippen LogP contribution in [0.1, 0.15) is 24.7 Å². The van der Waals surface area contributed by atoms with Crippen molar-refractivity contribution in [2.24, 2.45) is 0 Å². The smallest absolute Gasteiger partial charge is 0.308 e. The summed E-state index contributed by atoms with van der Waals surface area (Å²) in [7, 11) is -4.14. The number of hydrogen-bond acceptors (Lipinski definition) is 7. The number of carbonyl (C=O) groups is 3. The molecule has 0 saturated carbocycles. The number of aryl methyl sites for hydroxylation is 1. The third kappa shape index (κ3) is 4.63. The van der Waals surface area contributed by atoms with Gasteiger partial charge < -0.3 is 9.15 Å². The van der Waals surface area contributed by atoms with E-state index in [0.717, 1.165) is 14.8 Å². The lowest BCUT2D eigenvalue weighted by atomic mass is 10.2. The Kier molecular flexibility index (Phi) is 6.36. The molecular formula is C24H22N2O7S. The van der Waals surface area contributed by atoms with Crippen molar-refractivity contribution in [3.05, 3.63) is 78.3 Å². The maximum atomic E-state index is 13.6. The molecule has 0 radical (unpaired) electrons. The third-order valence-corrected chi connectivity index (χ3v) is 7.22. The van der Waals surface area contributed by atoms with Crippen LogP contribution < -0.4 is 9.64 Å². The first-order valence-corrected chi connectivity index (χ1v) is 11.9. The van der Waals surface area contributed by atoms with E-state index in [-0.39, 0.29) is 29.3 Å². The highest BCUT2D eigenvalue weighted by atomic mass is 32.2. The Balaban J connectivity index is 1.68. The van der Waals surface area contributed by atoms with Gasteiger partial charge in [0.25, 0.3) is 5.91 Å². The van der Waals surface area contributed by atoms with Crippen molar-refractivity contribution in [2.75, 3.05) is 4.90 Å². The second-order valence-electron chi connectivity index (χ2n) is 7.82. The molecule has 0 aliphatic carbocycles. The predicted octanol–water partition coefficient (Wildman–Crippen LogP) is 3.04. The second kappa shape index (κ2) is 9.24. The normalized spacial score (nSPS) is 16.3. The largest absolute Gasteiger partial charge is 0.468 e. The summed E-state index contributed by atoms with van der Waals surface area (Å²) in [5.74, 6) is -1.13. The highest BCUT2D eigenvalue weighted by Gasteiger charge is 2.47. The lowest BCUT2D eigenvalue weighted by molar-refractivity contribution is -0.132. The van der Waals surface area contributed by atoms with E-state index in [1.54, 1.807) is 24.3 Å². The van der Waals surface area contributed by atoms with Gasteiger partial charge in [0.05, 0.1) is 29.8 Å². The van der Waals surface area contributed by atoms with Crippen molar-refractivity contribution in [1.82, 2.24) is 4.31 Å². The zero-order valence-electron chi connectivity index (χ0n) is 18.5. The van der Waals surface area contributed by atoms with E-state index in [9.17, 15) is 22.8 Å². The molecule has 1 atom stereocenters. The molecule has 2 aromatic carbocycles. The average molecular weight is 483 g/mol. The van der Waals surface area contributed by atoms with Crippen LogP contribution in [0.25, 0.3) is 0 Å². The molecule has 4 rings (SSSR count). The van der Waals surface area contributed by atoms with Gasteiger partial charge in [0.2, 0.25) is 15.9 Å². The molecule has 176 valence electrons.